The summed E-state index contributed by atoms with van der Waals surface area (Å²) in [6, 6.07) is 0. The van der Waals surface area contributed by atoms with Gasteiger partial charge in [-0.3, -0.25) is 4.79 Å². The highest BCUT2D eigenvalue weighted by atomic mass is 16.6. The van der Waals surface area contributed by atoms with E-state index in [0.717, 1.165) is 18.4 Å². The van der Waals surface area contributed by atoms with Crippen molar-refractivity contribution >= 4 is 11.9 Å². The fourth-order valence-electron chi connectivity index (χ4n) is 2.62. The molecule has 1 rings (SSSR count). The van der Waals surface area contributed by atoms with Gasteiger partial charge in [0.2, 0.25) is 0 Å². The van der Waals surface area contributed by atoms with Crippen molar-refractivity contribution in [3.8, 4) is 0 Å². The first-order valence-corrected chi connectivity index (χ1v) is 7.58. The third-order valence-corrected chi connectivity index (χ3v) is 3.66. The summed E-state index contributed by atoms with van der Waals surface area (Å²) in [4.78, 5) is 22.8. The second kappa shape index (κ2) is 8.17. The summed E-state index contributed by atoms with van der Waals surface area (Å²) in [6.45, 7) is 7.94. The summed E-state index contributed by atoms with van der Waals surface area (Å²) in [5.41, 5.74) is 0.371. The van der Waals surface area contributed by atoms with Gasteiger partial charge in [-0.1, -0.05) is 13.3 Å². The van der Waals surface area contributed by atoms with E-state index in [1.807, 2.05) is 6.92 Å². The Bertz CT molecular complexity index is 401. The van der Waals surface area contributed by atoms with Crippen LogP contribution in [0.4, 0.5) is 0 Å². The zero-order valence-electron chi connectivity index (χ0n) is 13.4. The molecule has 5 nitrogen and oxygen atoms in total. The van der Waals surface area contributed by atoms with E-state index >= 15 is 0 Å². The Kier molecular flexibility index (Phi) is 6.89. The zero-order valence-corrected chi connectivity index (χ0v) is 13.4. The van der Waals surface area contributed by atoms with Crippen molar-refractivity contribution in [3.63, 3.8) is 0 Å². The van der Waals surface area contributed by atoms with Gasteiger partial charge in [-0.2, -0.15) is 0 Å². The van der Waals surface area contributed by atoms with Gasteiger partial charge >= 0.3 is 11.9 Å². The molecule has 1 aliphatic rings. The van der Waals surface area contributed by atoms with Gasteiger partial charge in [0, 0.05) is 13.0 Å². The van der Waals surface area contributed by atoms with Gasteiger partial charge < -0.3 is 14.2 Å². The molecule has 2 atom stereocenters. The van der Waals surface area contributed by atoms with Gasteiger partial charge in [0.1, 0.15) is 11.7 Å². The summed E-state index contributed by atoms with van der Waals surface area (Å²) in [6.07, 6.45) is 4.26. The second-order valence-electron chi connectivity index (χ2n) is 5.54. The topological polar surface area (TPSA) is 61.8 Å². The van der Waals surface area contributed by atoms with Crippen molar-refractivity contribution in [2.75, 3.05) is 13.2 Å². The number of ether oxygens (including phenoxy) is 3. The van der Waals surface area contributed by atoms with Gasteiger partial charge in [-0.05, 0) is 38.7 Å². The van der Waals surface area contributed by atoms with E-state index < -0.39 is 5.60 Å². The highest BCUT2D eigenvalue weighted by molar-refractivity contribution is 5.82. The highest BCUT2D eigenvalue weighted by Crippen LogP contribution is 2.32. The van der Waals surface area contributed by atoms with Crippen LogP contribution in [0.3, 0.4) is 0 Å². The zero-order chi connectivity index (χ0) is 15.9. The fourth-order valence-corrected chi connectivity index (χ4v) is 2.62. The normalized spacial score (nSPS) is 28.0. The van der Waals surface area contributed by atoms with Gasteiger partial charge in [-0.15, -0.1) is 0 Å². The molecule has 0 N–H and O–H groups in total. The molecule has 0 aliphatic carbocycles. The van der Waals surface area contributed by atoms with E-state index in [4.69, 9.17) is 14.2 Å². The number of rotatable bonds is 5. The molecule has 1 aliphatic heterocycles. The lowest BCUT2D eigenvalue weighted by Crippen LogP contribution is -2.43. The average molecular weight is 298 g/mol. The predicted molar refractivity (Wildman–Crippen MR) is 78.8 cm³/mol. The smallest absolute Gasteiger partial charge is 0.330 e. The summed E-state index contributed by atoms with van der Waals surface area (Å²) < 4.78 is 16.3. The van der Waals surface area contributed by atoms with E-state index in [2.05, 4.69) is 6.92 Å². The number of esters is 2. The van der Waals surface area contributed by atoms with Crippen LogP contribution in [0.1, 0.15) is 53.4 Å². The Balaban J connectivity index is 2.83. The van der Waals surface area contributed by atoms with Crippen LogP contribution in [0.2, 0.25) is 0 Å². The highest BCUT2D eigenvalue weighted by Gasteiger charge is 2.39. The van der Waals surface area contributed by atoms with Crippen molar-refractivity contribution in [2.24, 2.45) is 0 Å². The third kappa shape index (κ3) is 5.50. The maximum absolute atomic E-state index is 11.5. The Morgan fingerprint density at radius 2 is 2.14 bits per heavy atom. The Hall–Kier alpha value is -1.36. The van der Waals surface area contributed by atoms with Gasteiger partial charge in [0.05, 0.1) is 13.2 Å². The van der Waals surface area contributed by atoms with Crippen molar-refractivity contribution in [3.05, 3.63) is 11.6 Å². The predicted octanol–water partition coefficient (Wildman–Crippen LogP) is 2.78. The molecule has 0 radical (unpaired) electrons. The molecule has 1 fully saturated rings. The van der Waals surface area contributed by atoms with Gasteiger partial charge in [0.25, 0.3) is 0 Å². The lowest BCUT2D eigenvalue weighted by molar-refractivity contribution is -0.167. The van der Waals surface area contributed by atoms with E-state index in [1.165, 1.54) is 13.0 Å². The SMILES string of the molecule is CCCC1(C)OC/C(=C/C(=O)OCC)CCC1OC(C)=O. The van der Waals surface area contributed by atoms with E-state index in [-0.39, 0.29) is 18.0 Å². The largest absolute Gasteiger partial charge is 0.463 e. The molecule has 2 unspecified atom stereocenters. The maximum Gasteiger partial charge on any atom is 0.330 e. The van der Waals surface area contributed by atoms with E-state index in [0.29, 0.717) is 26.1 Å². The van der Waals surface area contributed by atoms with Crippen LogP contribution < -0.4 is 0 Å². The van der Waals surface area contributed by atoms with Crippen LogP contribution in [0.5, 0.6) is 0 Å². The van der Waals surface area contributed by atoms with Crippen molar-refractivity contribution < 1.29 is 23.8 Å². The molecule has 1 heterocycles. The number of carbonyl (C=O) groups is 2. The van der Waals surface area contributed by atoms with Gasteiger partial charge in [0.15, 0.2) is 0 Å². The van der Waals surface area contributed by atoms with Gasteiger partial charge in [-0.25, -0.2) is 4.79 Å². The summed E-state index contributed by atoms with van der Waals surface area (Å²) in [5.74, 6) is -0.650. The molecule has 0 aromatic heterocycles. The number of hydrogen-bond acceptors (Lipinski definition) is 5. The van der Waals surface area contributed by atoms with E-state index in [1.54, 1.807) is 6.92 Å². The first-order valence-electron chi connectivity index (χ1n) is 7.58. The van der Waals surface area contributed by atoms with Crippen molar-refractivity contribution in [2.45, 2.75) is 65.1 Å². The van der Waals surface area contributed by atoms with Crippen LogP contribution in [0.15, 0.2) is 11.6 Å². The fraction of sp³-hybridized carbons (Fsp3) is 0.750. The molecule has 0 saturated carbocycles. The molecule has 21 heavy (non-hydrogen) atoms. The molecule has 5 heteroatoms. The Morgan fingerprint density at radius 1 is 1.43 bits per heavy atom. The quantitative estimate of drug-likeness (QED) is 0.577. The molecule has 0 bridgehead atoms. The standard InChI is InChI=1S/C16H26O5/c1-5-9-16(4)14(21-12(3)17)8-7-13(11-20-16)10-15(18)19-6-2/h10,14H,5-9,11H2,1-4H3/b13-10+. The van der Waals surface area contributed by atoms with Crippen molar-refractivity contribution in [1.29, 1.82) is 0 Å². The molecule has 0 amide bonds. The minimum atomic E-state index is -0.509. The van der Waals surface area contributed by atoms with Crippen molar-refractivity contribution in [1.82, 2.24) is 0 Å². The maximum atomic E-state index is 11.5. The molecular weight excluding hydrogens is 272 g/mol. The van der Waals surface area contributed by atoms with E-state index in [9.17, 15) is 9.59 Å². The average Bonchev–Trinajstić information content (AvgIpc) is 2.53. The molecule has 0 aromatic carbocycles. The molecule has 0 aromatic rings. The summed E-state index contributed by atoms with van der Waals surface area (Å²) >= 11 is 0. The Morgan fingerprint density at radius 3 is 2.71 bits per heavy atom. The number of hydrogen-bond donors (Lipinski definition) is 0. The molecular formula is C16H26O5. The summed E-state index contributed by atoms with van der Waals surface area (Å²) in [5, 5.41) is 0. The minimum Gasteiger partial charge on any atom is -0.463 e. The monoisotopic (exact) mass is 298 g/mol. The molecule has 1 saturated heterocycles. The van der Waals surface area contributed by atoms with Crippen LogP contribution in [-0.4, -0.2) is 36.9 Å². The third-order valence-electron chi connectivity index (χ3n) is 3.66. The lowest BCUT2D eigenvalue weighted by Gasteiger charge is -2.35. The number of carbonyl (C=O) groups excluding carboxylic acids is 2. The summed E-state index contributed by atoms with van der Waals surface area (Å²) in [7, 11) is 0. The first kappa shape index (κ1) is 17.7. The van der Waals surface area contributed by atoms with Crippen LogP contribution >= 0.6 is 0 Å². The van der Waals surface area contributed by atoms with Crippen LogP contribution in [0, 0.1) is 0 Å². The molecule has 0 spiro atoms. The second-order valence-corrected chi connectivity index (χ2v) is 5.54. The lowest BCUT2D eigenvalue weighted by atomic mass is 9.90. The van der Waals surface area contributed by atoms with Crippen LogP contribution in [-0.2, 0) is 23.8 Å². The van der Waals surface area contributed by atoms with Crippen LogP contribution in [0.25, 0.3) is 0 Å². The minimum absolute atomic E-state index is 0.289. The molecule has 120 valence electrons. The Labute approximate surface area is 126 Å². The first-order chi connectivity index (χ1) is 9.91.